The topological polar surface area (TPSA) is 76.7 Å². The number of unbranched alkanes of at least 4 members (excludes halogenated alkanes) is 12. The van der Waals surface area contributed by atoms with Crippen molar-refractivity contribution in [3.63, 3.8) is 0 Å². The number of carbonyl (C=O) groups is 2. The van der Waals surface area contributed by atoms with E-state index in [0.29, 0.717) is 13.2 Å². The summed E-state index contributed by atoms with van der Waals surface area (Å²) in [6, 6.07) is 15.7. The number of rotatable bonds is 30. The summed E-state index contributed by atoms with van der Waals surface area (Å²) in [7, 11) is 7.67. The first-order chi connectivity index (χ1) is 24.9. The molecule has 0 aliphatic rings. The van der Waals surface area contributed by atoms with Gasteiger partial charge in [-0.15, -0.1) is 0 Å². The van der Waals surface area contributed by atoms with E-state index in [1.807, 2.05) is 91.7 Å². The lowest BCUT2D eigenvalue weighted by Crippen LogP contribution is -2.14. The third-order valence-electron chi connectivity index (χ3n) is 8.90. The Morgan fingerprint density at radius 1 is 0.529 bits per heavy atom. The molecular formula is C41H66N2O4S4. The Balaban J connectivity index is 1.48. The highest BCUT2D eigenvalue weighted by atomic mass is 33.1. The molecule has 0 aliphatic heterocycles. The molecule has 0 fully saturated rings. The van der Waals surface area contributed by atoms with Crippen LogP contribution in [0.2, 0.25) is 0 Å². The molecule has 2 unspecified atom stereocenters. The molecule has 0 aromatic heterocycles. The van der Waals surface area contributed by atoms with Crippen LogP contribution >= 0.6 is 43.2 Å². The van der Waals surface area contributed by atoms with E-state index in [2.05, 4.69) is 37.0 Å². The predicted molar refractivity (Wildman–Crippen MR) is 230 cm³/mol. The molecule has 10 heteroatoms. The van der Waals surface area contributed by atoms with Crippen LogP contribution in [0.5, 0.6) is 0 Å². The van der Waals surface area contributed by atoms with E-state index in [4.69, 9.17) is 9.47 Å². The summed E-state index contributed by atoms with van der Waals surface area (Å²) >= 11 is 0. The quantitative estimate of drug-likeness (QED) is 0.0600. The Morgan fingerprint density at radius 3 is 1.22 bits per heavy atom. The molecule has 0 heterocycles. The Labute approximate surface area is 326 Å². The molecule has 2 atom stereocenters. The van der Waals surface area contributed by atoms with E-state index >= 15 is 0 Å². The van der Waals surface area contributed by atoms with Gasteiger partial charge in [0.15, 0.2) is 0 Å². The van der Waals surface area contributed by atoms with Gasteiger partial charge in [0.05, 0.1) is 13.2 Å². The van der Waals surface area contributed by atoms with E-state index in [0.717, 1.165) is 66.4 Å². The van der Waals surface area contributed by atoms with Crippen molar-refractivity contribution in [2.75, 3.05) is 47.9 Å². The Morgan fingerprint density at radius 2 is 0.863 bits per heavy atom. The van der Waals surface area contributed by atoms with Crippen LogP contribution in [0.1, 0.15) is 128 Å². The molecule has 0 bridgehead atoms. The zero-order valence-electron chi connectivity index (χ0n) is 31.9. The Kier molecular flexibility index (Phi) is 27.5. The van der Waals surface area contributed by atoms with Crippen LogP contribution in [-0.4, -0.2) is 49.4 Å². The largest absolute Gasteiger partial charge is 0.449 e. The molecule has 0 aliphatic carbocycles. The fourth-order valence-corrected chi connectivity index (χ4v) is 9.06. The monoisotopic (exact) mass is 778 g/mol. The molecule has 51 heavy (non-hydrogen) atoms. The first-order valence-corrected chi connectivity index (χ1v) is 24.7. The number of carbonyl (C=O) groups excluding carboxylic acids is 2. The fourth-order valence-electron chi connectivity index (χ4n) is 5.78. The minimum atomic E-state index is -0.402. The summed E-state index contributed by atoms with van der Waals surface area (Å²) in [5, 5.41) is 5.66. The molecule has 0 spiro atoms. The average molecular weight is 779 g/mol. The zero-order chi connectivity index (χ0) is 36.8. The van der Waals surface area contributed by atoms with Crippen molar-refractivity contribution in [2.24, 2.45) is 11.8 Å². The number of amides is 2. The van der Waals surface area contributed by atoms with Gasteiger partial charge in [-0.25, -0.2) is 9.59 Å². The number of benzene rings is 2. The summed E-state index contributed by atoms with van der Waals surface area (Å²) in [5.74, 6) is 4.15. The molecule has 2 rings (SSSR count). The zero-order valence-corrected chi connectivity index (χ0v) is 35.2. The van der Waals surface area contributed by atoms with Crippen molar-refractivity contribution in [2.45, 2.75) is 123 Å². The van der Waals surface area contributed by atoms with Crippen LogP contribution in [0.25, 0.3) is 0 Å². The SMILES string of the molecule is CSSCC(C)CCCCCCCCCOC(=O)Nc1ccc(Cc2ccc(NC(=O)OCCCCCCCCCC(C)CSSC)cc2)cc1. The maximum atomic E-state index is 12.2. The van der Waals surface area contributed by atoms with Crippen LogP contribution in [-0.2, 0) is 15.9 Å². The molecule has 0 saturated heterocycles. The predicted octanol–water partition coefficient (Wildman–Crippen LogP) is 13.9. The summed E-state index contributed by atoms with van der Waals surface area (Å²) in [4.78, 5) is 24.5. The maximum Gasteiger partial charge on any atom is 0.411 e. The smallest absolute Gasteiger partial charge is 0.411 e. The number of nitrogens with one attached hydrogen (secondary N) is 2. The number of hydrogen-bond acceptors (Lipinski definition) is 8. The van der Waals surface area contributed by atoms with Crippen LogP contribution in [0.4, 0.5) is 21.0 Å². The minimum Gasteiger partial charge on any atom is -0.449 e. The van der Waals surface area contributed by atoms with E-state index in [9.17, 15) is 9.59 Å². The van der Waals surface area contributed by atoms with Gasteiger partial charge in [0.1, 0.15) is 0 Å². The lowest BCUT2D eigenvalue weighted by atomic mass is 10.0. The summed E-state index contributed by atoms with van der Waals surface area (Å²) in [6.07, 6.45) is 23.8. The molecule has 2 N–H and O–H groups in total. The van der Waals surface area contributed by atoms with E-state index in [1.54, 1.807) is 0 Å². The number of ether oxygens (including phenoxy) is 2. The van der Waals surface area contributed by atoms with Crippen molar-refractivity contribution >= 4 is 66.7 Å². The second-order valence-corrected chi connectivity index (χ2v) is 19.0. The van der Waals surface area contributed by atoms with Crippen molar-refractivity contribution < 1.29 is 19.1 Å². The second kappa shape index (κ2) is 30.8. The van der Waals surface area contributed by atoms with Crippen molar-refractivity contribution in [1.82, 2.24) is 0 Å². The summed E-state index contributed by atoms with van der Waals surface area (Å²) in [6.45, 7) is 5.62. The van der Waals surface area contributed by atoms with E-state index < -0.39 is 12.2 Å². The van der Waals surface area contributed by atoms with Gasteiger partial charge in [-0.1, -0.05) is 158 Å². The molecule has 6 nitrogen and oxygen atoms in total. The van der Waals surface area contributed by atoms with Gasteiger partial charge in [0.2, 0.25) is 0 Å². The van der Waals surface area contributed by atoms with Gasteiger partial charge in [0, 0.05) is 22.9 Å². The van der Waals surface area contributed by atoms with Gasteiger partial charge in [-0.05, 0) is 91.8 Å². The fraction of sp³-hybridized carbons (Fsp3) is 0.659. The highest BCUT2D eigenvalue weighted by Crippen LogP contribution is 2.24. The highest BCUT2D eigenvalue weighted by molar-refractivity contribution is 8.76. The average Bonchev–Trinajstić information content (AvgIpc) is 3.13. The summed E-state index contributed by atoms with van der Waals surface area (Å²) in [5.41, 5.74) is 3.71. The maximum absolute atomic E-state index is 12.2. The molecule has 2 aromatic carbocycles. The first kappa shape index (κ1) is 45.5. The van der Waals surface area contributed by atoms with Crippen molar-refractivity contribution in [3.05, 3.63) is 59.7 Å². The standard InChI is InChI=1S/C41H66N2O4S4/c1-34(32-50-48-3)19-15-11-7-5-9-13-17-29-46-40(44)42-38-25-21-36(22-26-38)31-37-23-27-39(28-24-37)43-41(45)47-30-18-14-10-6-8-12-16-20-35(2)33-51-49-4/h21-28,34-35H,5-20,29-33H2,1-4H3,(H,42,44)(H,43,45). The molecule has 288 valence electrons. The van der Waals surface area contributed by atoms with Crippen LogP contribution in [0.3, 0.4) is 0 Å². The van der Waals surface area contributed by atoms with Crippen molar-refractivity contribution in [1.29, 1.82) is 0 Å². The third-order valence-corrected chi connectivity index (χ3v) is 13.0. The van der Waals surface area contributed by atoms with Gasteiger partial charge in [-0.2, -0.15) is 0 Å². The minimum absolute atomic E-state index is 0.402. The normalized spacial score (nSPS) is 12.3. The highest BCUT2D eigenvalue weighted by Gasteiger charge is 2.07. The Hall–Kier alpha value is -1.62. The van der Waals surface area contributed by atoms with Gasteiger partial charge in [-0.3, -0.25) is 10.6 Å². The van der Waals surface area contributed by atoms with Crippen LogP contribution < -0.4 is 10.6 Å². The van der Waals surface area contributed by atoms with Gasteiger partial charge in [0.25, 0.3) is 0 Å². The number of anilines is 2. The van der Waals surface area contributed by atoms with Crippen LogP contribution in [0, 0.1) is 11.8 Å². The molecule has 2 aromatic rings. The third kappa shape index (κ3) is 25.1. The lowest BCUT2D eigenvalue weighted by Gasteiger charge is -2.10. The lowest BCUT2D eigenvalue weighted by molar-refractivity contribution is 0.158. The second-order valence-electron chi connectivity index (χ2n) is 13.7. The molecule has 2 amide bonds. The van der Waals surface area contributed by atoms with Crippen LogP contribution in [0.15, 0.2) is 48.5 Å². The van der Waals surface area contributed by atoms with Gasteiger partial charge < -0.3 is 9.47 Å². The summed E-state index contributed by atoms with van der Waals surface area (Å²) < 4.78 is 10.8. The molecular weight excluding hydrogens is 713 g/mol. The van der Waals surface area contributed by atoms with E-state index in [-0.39, 0.29) is 0 Å². The Bertz CT molecular complexity index is 1060. The molecule has 0 radical (unpaired) electrons. The van der Waals surface area contributed by atoms with E-state index in [1.165, 1.54) is 88.6 Å². The first-order valence-electron chi connectivity index (χ1n) is 19.3. The van der Waals surface area contributed by atoms with Gasteiger partial charge >= 0.3 is 12.2 Å². The van der Waals surface area contributed by atoms with Crippen molar-refractivity contribution in [3.8, 4) is 0 Å². The molecule has 0 saturated carbocycles. The number of hydrogen-bond donors (Lipinski definition) is 2.